The number of hydrogen-bond donors (Lipinski definition) is 0. The summed E-state index contributed by atoms with van der Waals surface area (Å²) in [6.07, 6.45) is -4.70. The van der Waals surface area contributed by atoms with Crippen LogP contribution in [-0.4, -0.2) is 13.4 Å². The fourth-order valence-electron chi connectivity index (χ4n) is 12.5. The zero-order valence-corrected chi connectivity index (χ0v) is 41.1. The largest absolute Gasteiger partial charge is 0.418 e. The zero-order chi connectivity index (χ0) is 49.9. The summed E-state index contributed by atoms with van der Waals surface area (Å²) in [5.41, 5.74) is 20.3. The van der Waals surface area contributed by atoms with Gasteiger partial charge in [0.1, 0.15) is 0 Å². The minimum Gasteiger partial charge on any atom is -0.312 e. The Hall–Kier alpha value is -8.71. The summed E-state index contributed by atoms with van der Waals surface area (Å²) in [4.78, 5) is 6.60. The van der Waals surface area contributed by atoms with E-state index in [9.17, 15) is 0 Å². The highest BCUT2D eigenvalue weighted by atomic mass is 32.2. The molecule has 352 valence electrons. The lowest BCUT2D eigenvalue weighted by molar-refractivity contribution is -0.137. The van der Waals surface area contributed by atoms with E-state index in [4.69, 9.17) is 0 Å². The van der Waals surface area contributed by atoms with Crippen molar-refractivity contribution in [3.63, 3.8) is 0 Å². The third kappa shape index (κ3) is 6.86. The highest BCUT2D eigenvalue weighted by Gasteiger charge is 2.52. The number of hydrogen-bond acceptors (Lipinski definition) is 3. The molecule has 2 nitrogen and oxygen atoms in total. The van der Waals surface area contributed by atoms with Gasteiger partial charge in [-0.2, -0.15) is 13.2 Å². The average molecular weight is 985 g/mol. The van der Waals surface area contributed by atoms with Gasteiger partial charge in [-0.25, -0.2) is 0 Å². The van der Waals surface area contributed by atoms with Crippen LogP contribution in [0.4, 0.5) is 47.3 Å². The predicted octanol–water partition coefficient (Wildman–Crippen LogP) is 14.4. The Morgan fingerprint density at radius 2 is 0.720 bits per heavy atom. The normalized spacial score (nSPS) is 13.4. The molecule has 11 aromatic carbocycles. The highest BCUT2D eigenvalue weighted by Crippen LogP contribution is 2.53. The molecule has 0 atom stereocenters. The van der Waals surface area contributed by atoms with Gasteiger partial charge in [0, 0.05) is 43.8 Å². The number of halogens is 3. The summed E-state index contributed by atoms with van der Waals surface area (Å²) in [5.74, 6) is 0. The summed E-state index contributed by atoms with van der Waals surface area (Å²) < 4.78 is 48.9. The molecular weight excluding hydrogens is 943 g/mol. The minimum absolute atomic E-state index is 0.102. The number of nitrogens with zero attached hydrogens (tertiary/aromatic N) is 2. The van der Waals surface area contributed by atoms with Crippen molar-refractivity contribution >= 4 is 92.1 Å². The molecule has 0 radical (unpaired) electrons. The van der Waals surface area contributed by atoms with E-state index in [0.717, 1.165) is 93.4 Å². The number of benzene rings is 11. The topological polar surface area (TPSA) is 6.48 Å². The van der Waals surface area contributed by atoms with E-state index in [0.29, 0.717) is 16.8 Å². The van der Waals surface area contributed by atoms with E-state index in [2.05, 4.69) is 169 Å². The van der Waals surface area contributed by atoms with Crippen molar-refractivity contribution in [1.82, 2.24) is 0 Å². The molecular formula is C67H41B2F3N2S. The molecule has 0 fully saturated rings. The Morgan fingerprint density at radius 1 is 0.307 bits per heavy atom. The predicted molar refractivity (Wildman–Crippen MR) is 308 cm³/mol. The maximum absolute atomic E-state index is 16.3. The molecule has 4 aliphatic heterocycles. The zero-order valence-electron chi connectivity index (χ0n) is 40.3. The maximum atomic E-state index is 16.3. The van der Waals surface area contributed by atoms with Gasteiger partial charge in [-0.1, -0.05) is 230 Å². The van der Waals surface area contributed by atoms with Gasteiger partial charge in [0.05, 0.1) is 11.3 Å². The van der Waals surface area contributed by atoms with Crippen molar-refractivity contribution in [2.24, 2.45) is 0 Å². The third-order valence-corrected chi connectivity index (χ3v) is 16.9. The van der Waals surface area contributed by atoms with E-state index >= 15 is 13.2 Å². The van der Waals surface area contributed by atoms with Crippen LogP contribution in [0.5, 0.6) is 0 Å². The highest BCUT2D eigenvalue weighted by molar-refractivity contribution is 8.00. The van der Waals surface area contributed by atoms with Gasteiger partial charge in [-0.15, -0.1) is 0 Å². The molecule has 4 heterocycles. The Morgan fingerprint density at radius 3 is 1.23 bits per heavy atom. The summed E-state index contributed by atoms with van der Waals surface area (Å²) in [6, 6.07) is 85.1. The van der Waals surface area contributed by atoms with Crippen LogP contribution in [-0.2, 0) is 6.18 Å². The van der Waals surface area contributed by atoms with Crippen molar-refractivity contribution in [3.05, 3.63) is 254 Å². The summed E-state index contributed by atoms with van der Waals surface area (Å²) in [5, 5.41) is 0. The first-order chi connectivity index (χ1) is 36.9. The van der Waals surface area contributed by atoms with Crippen LogP contribution in [0.1, 0.15) is 5.56 Å². The quantitative estimate of drug-likeness (QED) is 0.153. The smallest absolute Gasteiger partial charge is 0.312 e. The van der Waals surface area contributed by atoms with Gasteiger partial charge in [-0.05, 0) is 114 Å². The number of rotatable bonds is 6. The Labute approximate surface area is 438 Å². The Bertz CT molecular complexity index is 4090. The maximum Gasteiger partial charge on any atom is 0.418 e. The number of para-hydroxylation sites is 1. The van der Waals surface area contributed by atoms with Crippen molar-refractivity contribution < 1.29 is 13.2 Å². The van der Waals surface area contributed by atoms with E-state index in [1.807, 2.05) is 77.7 Å². The molecule has 0 amide bonds. The van der Waals surface area contributed by atoms with Gasteiger partial charge >= 0.3 is 6.18 Å². The average Bonchev–Trinajstić information content (AvgIpc) is 3.48. The fourth-order valence-corrected chi connectivity index (χ4v) is 13.7. The summed E-state index contributed by atoms with van der Waals surface area (Å²) in [6.45, 7) is -0.505. The van der Waals surface area contributed by atoms with E-state index < -0.39 is 11.7 Å². The lowest BCUT2D eigenvalue weighted by Gasteiger charge is -2.50. The molecule has 75 heavy (non-hydrogen) atoms. The lowest BCUT2D eigenvalue weighted by Crippen LogP contribution is -2.68. The molecule has 15 rings (SSSR count). The van der Waals surface area contributed by atoms with Crippen molar-refractivity contribution in [1.29, 1.82) is 0 Å². The van der Waals surface area contributed by atoms with Gasteiger partial charge in [0.25, 0.3) is 6.71 Å². The molecule has 0 aromatic heterocycles. The van der Waals surface area contributed by atoms with Crippen LogP contribution in [0.2, 0.25) is 0 Å². The Balaban J connectivity index is 1.07. The van der Waals surface area contributed by atoms with E-state index in [-0.39, 0.29) is 19.1 Å². The summed E-state index contributed by atoms with van der Waals surface area (Å²) >= 11 is 1.72. The van der Waals surface area contributed by atoms with Crippen LogP contribution in [0.3, 0.4) is 0 Å². The lowest BCUT2D eigenvalue weighted by atomic mass is 9.29. The molecule has 11 aromatic rings. The first-order valence-corrected chi connectivity index (χ1v) is 26.2. The number of alkyl halides is 3. The second kappa shape index (κ2) is 16.9. The van der Waals surface area contributed by atoms with Crippen LogP contribution in [0, 0.1) is 0 Å². The van der Waals surface area contributed by atoms with Gasteiger partial charge < -0.3 is 9.80 Å². The SMILES string of the molecule is FC(F)(F)c1cccc(-c2ccc(-c3ccccc3)cc2)c1N1c2ccc(-c3ccccc3)cc2B2c3cc(-c4ccccc4)ccc3N3c4ccc(-c5ccccc5)cc4B4c5ccccc5Sc5cc1c2c3c54. The number of anilines is 6. The fraction of sp³-hybridized carbons (Fsp3) is 0.0149. The van der Waals surface area contributed by atoms with E-state index in [1.165, 1.54) is 22.5 Å². The van der Waals surface area contributed by atoms with Crippen LogP contribution >= 0.6 is 11.8 Å². The van der Waals surface area contributed by atoms with Gasteiger partial charge in [0.2, 0.25) is 6.71 Å². The van der Waals surface area contributed by atoms with Gasteiger partial charge in [-0.3, -0.25) is 0 Å². The molecule has 0 aliphatic carbocycles. The monoisotopic (exact) mass is 984 g/mol. The molecule has 0 unspecified atom stereocenters. The van der Waals surface area contributed by atoms with Crippen molar-refractivity contribution in [2.45, 2.75) is 16.0 Å². The molecule has 4 aliphatic rings. The standard InChI is InChI=1S/C67H41B2F3N2S/c70-67(71,72)52-25-15-24-51(47-30-28-46(29-31-47)42-16-5-1-6-17-42)65(52)74-59-37-34-50(45-22-11-4-12-23-45)40-56(59)69-55-39-49(44-20-9-3-10-21-44)33-36-58(55)73-57-35-32-48(43-18-7-2-8-19-43)38-54(57)68-53-26-13-14-27-61(53)75-62-41-60(74)63(69)66(73)64(62)68/h1-41H. The van der Waals surface area contributed by atoms with E-state index in [1.54, 1.807) is 17.8 Å². The molecule has 8 heteroatoms. The van der Waals surface area contributed by atoms with Crippen molar-refractivity contribution in [3.8, 4) is 55.6 Å². The van der Waals surface area contributed by atoms with Crippen LogP contribution in [0.25, 0.3) is 55.6 Å². The first kappa shape index (κ1) is 43.8. The second-order valence-electron chi connectivity index (χ2n) is 19.8. The molecule has 0 saturated carbocycles. The number of fused-ring (bicyclic) bond motifs is 10. The van der Waals surface area contributed by atoms with Gasteiger partial charge in [0.15, 0.2) is 0 Å². The molecule has 0 bridgehead atoms. The molecule has 0 N–H and O–H groups in total. The molecule has 0 saturated heterocycles. The first-order valence-electron chi connectivity index (χ1n) is 25.4. The van der Waals surface area contributed by atoms with Crippen LogP contribution < -0.4 is 42.6 Å². The minimum atomic E-state index is -4.70. The molecule has 0 spiro atoms. The Kier molecular flexibility index (Phi) is 9.89. The second-order valence-corrected chi connectivity index (χ2v) is 20.9. The summed E-state index contributed by atoms with van der Waals surface area (Å²) in [7, 11) is 0. The van der Waals surface area contributed by atoms with Crippen LogP contribution in [0.15, 0.2) is 259 Å². The third-order valence-electron chi connectivity index (χ3n) is 15.7. The van der Waals surface area contributed by atoms with Crippen molar-refractivity contribution in [2.75, 3.05) is 9.80 Å².